The van der Waals surface area contributed by atoms with Gasteiger partial charge in [-0.3, -0.25) is 4.79 Å². The van der Waals surface area contributed by atoms with Gasteiger partial charge >= 0.3 is 5.97 Å². The van der Waals surface area contributed by atoms with Crippen LogP contribution in [0.15, 0.2) is 0 Å². The monoisotopic (exact) mass is 201 g/mol. The number of esters is 1. The summed E-state index contributed by atoms with van der Waals surface area (Å²) >= 11 is 0. The average molecular weight is 201 g/mol. The zero-order chi connectivity index (χ0) is 11.0. The number of carbonyl (C=O) groups is 1. The van der Waals surface area contributed by atoms with Crippen LogP contribution in [0.1, 0.15) is 40.0 Å². The third kappa shape index (κ3) is 6.89. The largest absolute Gasteiger partial charge is 0.466 e. The quantitative estimate of drug-likeness (QED) is 0.640. The standard InChI is InChI=1S/C11H23NO2/c1-4-5-14-11(13)7-10(8-12)6-9(2)3/h9-10H,4-8,12H2,1-3H3/t10-/m0/s1. The molecular formula is C11H23NO2. The lowest BCUT2D eigenvalue weighted by Crippen LogP contribution is -2.21. The van der Waals surface area contributed by atoms with Gasteiger partial charge in [0.2, 0.25) is 0 Å². The number of rotatable bonds is 7. The lowest BCUT2D eigenvalue weighted by Gasteiger charge is -2.15. The van der Waals surface area contributed by atoms with Crippen molar-refractivity contribution in [3.63, 3.8) is 0 Å². The summed E-state index contributed by atoms with van der Waals surface area (Å²) in [6.45, 7) is 7.36. The summed E-state index contributed by atoms with van der Waals surface area (Å²) < 4.78 is 5.01. The number of hydrogen-bond donors (Lipinski definition) is 1. The Morgan fingerprint density at radius 2 is 2.07 bits per heavy atom. The molecule has 0 unspecified atom stereocenters. The highest BCUT2D eigenvalue weighted by Crippen LogP contribution is 2.14. The Bertz CT molecular complexity index is 157. The molecule has 0 radical (unpaired) electrons. The molecule has 0 bridgehead atoms. The molecule has 0 amide bonds. The summed E-state index contributed by atoms with van der Waals surface area (Å²) in [4.78, 5) is 11.3. The first-order valence-corrected chi connectivity index (χ1v) is 5.45. The molecule has 1 atom stereocenters. The minimum atomic E-state index is -0.108. The molecule has 3 heteroatoms. The van der Waals surface area contributed by atoms with Gasteiger partial charge in [0.1, 0.15) is 0 Å². The maximum absolute atomic E-state index is 11.3. The fourth-order valence-electron chi connectivity index (χ4n) is 1.44. The second kappa shape index (κ2) is 7.80. The molecule has 0 rings (SSSR count). The maximum Gasteiger partial charge on any atom is 0.306 e. The summed E-state index contributed by atoms with van der Waals surface area (Å²) in [6, 6.07) is 0. The highest BCUT2D eigenvalue weighted by atomic mass is 16.5. The van der Waals surface area contributed by atoms with Gasteiger partial charge in [-0.2, -0.15) is 0 Å². The van der Waals surface area contributed by atoms with E-state index in [9.17, 15) is 4.79 Å². The molecule has 0 spiro atoms. The number of ether oxygens (including phenoxy) is 1. The zero-order valence-corrected chi connectivity index (χ0v) is 9.58. The number of hydrogen-bond acceptors (Lipinski definition) is 3. The van der Waals surface area contributed by atoms with Crippen LogP contribution >= 0.6 is 0 Å². The molecule has 0 saturated heterocycles. The van der Waals surface area contributed by atoms with Gasteiger partial charge in [-0.1, -0.05) is 20.8 Å². The van der Waals surface area contributed by atoms with Gasteiger partial charge in [-0.15, -0.1) is 0 Å². The van der Waals surface area contributed by atoms with Crippen molar-refractivity contribution in [2.24, 2.45) is 17.6 Å². The van der Waals surface area contributed by atoms with E-state index in [1.807, 2.05) is 6.92 Å². The molecular weight excluding hydrogens is 178 g/mol. The minimum Gasteiger partial charge on any atom is -0.466 e. The highest BCUT2D eigenvalue weighted by Gasteiger charge is 2.14. The molecule has 0 aromatic carbocycles. The van der Waals surface area contributed by atoms with Gasteiger partial charge in [-0.25, -0.2) is 0 Å². The van der Waals surface area contributed by atoms with E-state index >= 15 is 0 Å². The van der Waals surface area contributed by atoms with E-state index in [1.54, 1.807) is 0 Å². The first-order valence-electron chi connectivity index (χ1n) is 5.45. The Morgan fingerprint density at radius 1 is 1.43 bits per heavy atom. The minimum absolute atomic E-state index is 0.108. The van der Waals surface area contributed by atoms with Crippen molar-refractivity contribution < 1.29 is 9.53 Å². The third-order valence-corrected chi connectivity index (χ3v) is 2.06. The van der Waals surface area contributed by atoms with Crippen LogP contribution in [0.2, 0.25) is 0 Å². The molecule has 2 N–H and O–H groups in total. The van der Waals surface area contributed by atoms with Crippen LogP contribution in [0.25, 0.3) is 0 Å². The Morgan fingerprint density at radius 3 is 2.50 bits per heavy atom. The predicted molar refractivity (Wildman–Crippen MR) is 57.9 cm³/mol. The van der Waals surface area contributed by atoms with Gasteiger partial charge in [0.05, 0.1) is 6.61 Å². The third-order valence-electron chi connectivity index (χ3n) is 2.06. The molecule has 3 nitrogen and oxygen atoms in total. The second-order valence-corrected chi connectivity index (χ2v) is 4.16. The predicted octanol–water partition coefficient (Wildman–Crippen LogP) is 1.95. The van der Waals surface area contributed by atoms with Crippen molar-refractivity contribution in [2.75, 3.05) is 13.2 Å². The van der Waals surface area contributed by atoms with Crippen LogP contribution in [-0.2, 0) is 9.53 Å². The molecule has 0 aliphatic rings. The van der Waals surface area contributed by atoms with Crippen LogP contribution in [0, 0.1) is 11.8 Å². The molecule has 84 valence electrons. The van der Waals surface area contributed by atoms with Crippen molar-refractivity contribution in [1.82, 2.24) is 0 Å². The van der Waals surface area contributed by atoms with E-state index in [0.717, 1.165) is 12.8 Å². The Balaban J connectivity index is 3.74. The summed E-state index contributed by atoms with van der Waals surface area (Å²) in [7, 11) is 0. The summed E-state index contributed by atoms with van der Waals surface area (Å²) in [6.07, 6.45) is 2.34. The van der Waals surface area contributed by atoms with Crippen molar-refractivity contribution in [3.8, 4) is 0 Å². The van der Waals surface area contributed by atoms with Gasteiger partial charge in [0.15, 0.2) is 0 Å². The summed E-state index contributed by atoms with van der Waals surface area (Å²) in [5.74, 6) is 0.754. The summed E-state index contributed by atoms with van der Waals surface area (Å²) in [5, 5.41) is 0. The normalized spacial score (nSPS) is 12.9. The topological polar surface area (TPSA) is 52.3 Å². The van der Waals surface area contributed by atoms with Gasteiger partial charge in [0.25, 0.3) is 0 Å². The molecule has 0 aromatic rings. The fourth-order valence-corrected chi connectivity index (χ4v) is 1.44. The van der Waals surface area contributed by atoms with E-state index in [1.165, 1.54) is 0 Å². The zero-order valence-electron chi connectivity index (χ0n) is 9.58. The summed E-state index contributed by atoms with van der Waals surface area (Å²) in [5.41, 5.74) is 5.59. The van der Waals surface area contributed by atoms with Crippen LogP contribution < -0.4 is 5.73 Å². The van der Waals surface area contributed by atoms with Gasteiger partial charge < -0.3 is 10.5 Å². The lowest BCUT2D eigenvalue weighted by molar-refractivity contribution is -0.144. The van der Waals surface area contributed by atoms with E-state index < -0.39 is 0 Å². The molecule has 0 heterocycles. The highest BCUT2D eigenvalue weighted by molar-refractivity contribution is 5.69. The maximum atomic E-state index is 11.3. The first-order chi connectivity index (χ1) is 6.60. The van der Waals surface area contributed by atoms with E-state index in [0.29, 0.717) is 25.5 Å². The first kappa shape index (κ1) is 13.4. The van der Waals surface area contributed by atoms with Crippen LogP contribution in [0.5, 0.6) is 0 Å². The van der Waals surface area contributed by atoms with E-state index in [-0.39, 0.29) is 11.9 Å². The van der Waals surface area contributed by atoms with Crippen molar-refractivity contribution in [2.45, 2.75) is 40.0 Å². The Hall–Kier alpha value is -0.570. The Labute approximate surface area is 87.0 Å². The average Bonchev–Trinajstić information content (AvgIpc) is 2.12. The molecule has 0 aromatic heterocycles. The second-order valence-electron chi connectivity index (χ2n) is 4.16. The smallest absolute Gasteiger partial charge is 0.306 e. The SMILES string of the molecule is CCCOC(=O)C[C@@H](CN)CC(C)C. The van der Waals surface area contributed by atoms with E-state index in [2.05, 4.69) is 13.8 Å². The molecule has 14 heavy (non-hydrogen) atoms. The van der Waals surface area contributed by atoms with Gasteiger partial charge in [0, 0.05) is 6.42 Å². The van der Waals surface area contributed by atoms with Crippen LogP contribution in [-0.4, -0.2) is 19.1 Å². The molecule has 0 aliphatic carbocycles. The fraction of sp³-hybridized carbons (Fsp3) is 0.909. The van der Waals surface area contributed by atoms with Crippen LogP contribution in [0.4, 0.5) is 0 Å². The molecule has 0 saturated carbocycles. The molecule has 0 fully saturated rings. The van der Waals surface area contributed by atoms with E-state index in [4.69, 9.17) is 10.5 Å². The molecule has 0 aliphatic heterocycles. The van der Waals surface area contributed by atoms with Crippen LogP contribution in [0.3, 0.4) is 0 Å². The van der Waals surface area contributed by atoms with Crippen molar-refractivity contribution in [1.29, 1.82) is 0 Å². The number of nitrogens with two attached hydrogens (primary N) is 1. The number of carbonyl (C=O) groups excluding carboxylic acids is 1. The van der Waals surface area contributed by atoms with Crippen molar-refractivity contribution >= 4 is 5.97 Å². The van der Waals surface area contributed by atoms with Crippen molar-refractivity contribution in [3.05, 3.63) is 0 Å². The van der Waals surface area contributed by atoms with Gasteiger partial charge in [-0.05, 0) is 31.2 Å². The Kier molecular flexibility index (Phi) is 7.48. The lowest BCUT2D eigenvalue weighted by atomic mass is 9.94.